The molecule has 3 aromatic rings. The van der Waals surface area contributed by atoms with E-state index in [1.54, 1.807) is 30.3 Å². The molecule has 13 heteroatoms. The van der Waals surface area contributed by atoms with Crippen molar-refractivity contribution in [3.63, 3.8) is 0 Å². The van der Waals surface area contributed by atoms with Gasteiger partial charge in [-0.3, -0.25) is 4.79 Å². The third kappa shape index (κ3) is 5.17. The Morgan fingerprint density at radius 3 is 2.31 bits per heavy atom. The van der Waals surface area contributed by atoms with Crippen LogP contribution in [0.15, 0.2) is 42.5 Å². The molecule has 2 atom stereocenters. The molecule has 39 heavy (non-hydrogen) atoms. The molecule has 2 aliphatic heterocycles. The van der Waals surface area contributed by atoms with E-state index >= 15 is 0 Å². The van der Waals surface area contributed by atoms with Crippen LogP contribution >= 0.6 is 11.6 Å². The number of piperazine rings is 1. The van der Waals surface area contributed by atoms with Gasteiger partial charge in [0.2, 0.25) is 0 Å². The van der Waals surface area contributed by atoms with Gasteiger partial charge in [0.1, 0.15) is 16.7 Å². The van der Waals surface area contributed by atoms with Gasteiger partial charge in [-0.05, 0) is 42.0 Å². The molecule has 0 aliphatic carbocycles. The number of ether oxygens (including phenoxy) is 2. The summed E-state index contributed by atoms with van der Waals surface area (Å²) in [5, 5.41) is 6.94. The van der Waals surface area contributed by atoms with Crippen LogP contribution in [0.1, 0.15) is 34.6 Å². The number of amides is 1. The van der Waals surface area contributed by atoms with Crippen LogP contribution in [0.2, 0.25) is 5.02 Å². The molecule has 0 spiro atoms. The topological polar surface area (TPSA) is 71.9 Å². The number of hydrogen-bond acceptors (Lipinski definition) is 6. The van der Waals surface area contributed by atoms with E-state index in [0.29, 0.717) is 43.2 Å². The summed E-state index contributed by atoms with van der Waals surface area (Å²) in [4.78, 5) is 16.9. The number of rotatable bonds is 5. The van der Waals surface area contributed by atoms with E-state index in [1.165, 1.54) is 31.3 Å². The lowest BCUT2D eigenvalue weighted by atomic mass is 9.96. The van der Waals surface area contributed by atoms with Crippen molar-refractivity contribution in [3.05, 3.63) is 64.6 Å². The SMILES string of the molecule is COc1ccc([C@@H]2C[C@H](C(F)(F)F)n3nc(C(=O)N4CCN(c5ccc(F)cc5)CC4)c(Cl)c3N2)cc1OC. The lowest BCUT2D eigenvalue weighted by Gasteiger charge is -2.35. The van der Waals surface area contributed by atoms with Crippen LogP contribution in [-0.2, 0) is 0 Å². The normalized spacial score (nSPS) is 19.4. The predicted octanol–water partition coefficient (Wildman–Crippen LogP) is 5.32. The zero-order valence-corrected chi connectivity index (χ0v) is 21.9. The minimum Gasteiger partial charge on any atom is -0.493 e. The number of methoxy groups -OCH3 is 2. The van der Waals surface area contributed by atoms with Crippen molar-refractivity contribution in [2.75, 3.05) is 50.6 Å². The van der Waals surface area contributed by atoms with Gasteiger partial charge in [-0.15, -0.1) is 0 Å². The standard InChI is InChI=1S/C26H26ClF4N5O3/c1-38-19-8-3-15(13-20(19)39-2)18-14-21(26(29,30)31)36-24(32-18)22(27)23(33-36)25(37)35-11-9-34(10-12-35)17-6-4-16(28)5-7-17/h3-8,13,18,21,32H,9-12,14H2,1-2H3/t18-,21+/m0/s1. The molecule has 1 aromatic heterocycles. The summed E-state index contributed by atoms with van der Waals surface area (Å²) in [5.41, 5.74) is 1.12. The molecular weight excluding hydrogens is 542 g/mol. The highest BCUT2D eigenvalue weighted by Crippen LogP contribution is 2.47. The van der Waals surface area contributed by atoms with Crippen molar-refractivity contribution in [1.82, 2.24) is 14.7 Å². The van der Waals surface area contributed by atoms with Crippen molar-refractivity contribution >= 4 is 29.0 Å². The average Bonchev–Trinajstić information content (AvgIpc) is 3.27. The van der Waals surface area contributed by atoms with Gasteiger partial charge in [0.05, 0.1) is 20.3 Å². The molecule has 0 saturated carbocycles. The Bertz CT molecular complexity index is 1360. The first-order chi connectivity index (χ1) is 18.6. The van der Waals surface area contributed by atoms with Crippen molar-refractivity contribution < 1.29 is 31.8 Å². The highest BCUT2D eigenvalue weighted by atomic mass is 35.5. The van der Waals surface area contributed by atoms with Gasteiger partial charge in [-0.2, -0.15) is 18.3 Å². The Morgan fingerprint density at radius 1 is 1.03 bits per heavy atom. The molecule has 2 aliphatic rings. The van der Waals surface area contributed by atoms with Crippen LogP contribution in [0.25, 0.3) is 0 Å². The van der Waals surface area contributed by atoms with E-state index in [4.69, 9.17) is 21.1 Å². The van der Waals surface area contributed by atoms with E-state index in [2.05, 4.69) is 10.4 Å². The molecule has 1 N–H and O–H groups in total. The number of alkyl halides is 3. The van der Waals surface area contributed by atoms with E-state index < -0.39 is 24.2 Å². The molecule has 1 fully saturated rings. The second-order valence-corrected chi connectivity index (χ2v) is 9.69. The minimum absolute atomic E-state index is 0.0710. The van der Waals surface area contributed by atoms with Crippen molar-refractivity contribution in [3.8, 4) is 11.5 Å². The zero-order valence-electron chi connectivity index (χ0n) is 21.1. The summed E-state index contributed by atoms with van der Waals surface area (Å²) < 4.78 is 67.2. The summed E-state index contributed by atoms with van der Waals surface area (Å²) in [6.07, 6.45) is -5.00. The zero-order chi connectivity index (χ0) is 27.9. The number of anilines is 2. The molecule has 5 rings (SSSR count). The number of fused-ring (bicyclic) bond motifs is 1. The van der Waals surface area contributed by atoms with Gasteiger partial charge in [-0.25, -0.2) is 9.07 Å². The lowest BCUT2D eigenvalue weighted by molar-refractivity contribution is -0.173. The number of carbonyl (C=O) groups excluding carboxylic acids is 1. The Kier molecular flexibility index (Phi) is 7.23. The van der Waals surface area contributed by atoms with Crippen molar-refractivity contribution in [1.29, 1.82) is 0 Å². The number of halogens is 5. The number of hydrogen-bond donors (Lipinski definition) is 1. The summed E-state index contributed by atoms with van der Waals surface area (Å²) >= 11 is 6.52. The molecule has 2 aromatic carbocycles. The van der Waals surface area contributed by atoms with Gasteiger partial charge in [0.25, 0.3) is 5.91 Å². The second kappa shape index (κ2) is 10.5. The molecule has 8 nitrogen and oxygen atoms in total. The summed E-state index contributed by atoms with van der Waals surface area (Å²) in [6.45, 7) is 1.54. The monoisotopic (exact) mass is 567 g/mol. The van der Waals surface area contributed by atoms with Crippen LogP contribution in [-0.4, -0.2) is 67.2 Å². The Hall–Kier alpha value is -3.67. The third-order valence-electron chi connectivity index (χ3n) is 7.07. The fourth-order valence-corrected chi connectivity index (χ4v) is 5.24. The summed E-state index contributed by atoms with van der Waals surface area (Å²) in [5.74, 6) is -0.143. The van der Waals surface area contributed by atoms with Gasteiger partial charge < -0.3 is 24.6 Å². The maximum Gasteiger partial charge on any atom is 0.410 e. The minimum atomic E-state index is -4.64. The average molecular weight is 568 g/mol. The van der Waals surface area contributed by atoms with Crippen molar-refractivity contribution in [2.45, 2.75) is 24.7 Å². The number of nitrogens with one attached hydrogen (secondary N) is 1. The number of aromatic nitrogens is 2. The largest absolute Gasteiger partial charge is 0.493 e. The number of carbonyl (C=O) groups is 1. The maximum atomic E-state index is 14.2. The first-order valence-electron chi connectivity index (χ1n) is 12.2. The molecule has 1 amide bonds. The van der Waals surface area contributed by atoms with Crippen LogP contribution in [0.3, 0.4) is 0 Å². The second-order valence-electron chi connectivity index (χ2n) is 9.32. The first kappa shape index (κ1) is 26.9. The van der Waals surface area contributed by atoms with Crippen LogP contribution in [0, 0.1) is 5.82 Å². The maximum absolute atomic E-state index is 14.2. The summed E-state index contributed by atoms with van der Waals surface area (Å²) in [7, 11) is 2.91. The van der Waals surface area contributed by atoms with E-state index in [1.807, 2.05) is 4.90 Å². The molecule has 1 saturated heterocycles. The molecule has 0 unspecified atom stereocenters. The number of benzene rings is 2. The lowest BCUT2D eigenvalue weighted by Crippen LogP contribution is -2.49. The van der Waals surface area contributed by atoms with E-state index in [-0.39, 0.29) is 28.8 Å². The number of nitrogens with zero attached hydrogens (tertiary/aromatic N) is 4. The third-order valence-corrected chi connectivity index (χ3v) is 7.42. The predicted molar refractivity (Wildman–Crippen MR) is 137 cm³/mol. The molecule has 208 valence electrons. The Morgan fingerprint density at radius 2 is 1.69 bits per heavy atom. The van der Waals surface area contributed by atoms with E-state index in [9.17, 15) is 22.4 Å². The summed E-state index contributed by atoms with van der Waals surface area (Å²) in [6, 6.07) is 8.14. The van der Waals surface area contributed by atoms with Gasteiger partial charge in [0, 0.05) is 38.3 Å². The van der Waals surface area contributed by atoms with Gasteiger partial charge in [0.15, 0.2) is 23.2 Å². The highest BCUT2D eigenvalue weighted by molar-refractivity contribution is 6.36. The van der Waals surface area contributed by atoms with Crippen LogP contribution < -0.4 is 19.7 Å². The highest BCUT2D eigenvalue weighted by Gasteiger charge is 2.48. The fraction of sp³-hybridized carbons (Fsp3) is 0.385. The molecule has 3 heterocycles. The van der Waals surface area contributed by atoms with Crippen LogP contribution in [0.4, 0.5) is 29.1 Å². The molecule has 0 bridgehead atoms. The van der Waals surface area contributed by atoms with E-state index in [0.717, 1.165) is 10.4 Å². The van der Waals surface area contributed by atoms with Gasteiger partial charge in [-0.1, -0.05) is 17.7 Å². The van der Waals surface area contributed by atoms with Crippen LogP contribution in [0.5, 0.6) is 11.5 Å². The van der Waals surface area contributed by atoms with Gasteiger partial charge >= 0.3 is 6.18 Å². The molecule has 0 radical (unpaired) electrons. The Labute approximate surface area is 227 Å². The first-order valence-corrected chi connectivity index (χ1v) is 12.6. The molecular formula is C26H26ClF4N5O3. The Balaban J connectivity index is 1.39. The smallest absolute Gasteiger partial charge is 0.410 e. The van der Waals surface area contributed by atoms with Crippen molar-refractivity contribution in [2.24, 2.45) is 0 Å². The fourth-order valence-electron chi connectivity index (χ4n) is 4.98. The quantitative estimate of drug-likeness (QED) is 0.421.